The molecule has 0 saturated heterocycles. The predicted octanol–water partition coefficient (Wildman–Crippen LogP) is 0.442. The second-order valence-corrected chi connectivity index (χ2v) is 9.52. The largest absolute Gasteiger partial charge is 1.00 e. The Kier molecular flexibility index (Phi) is 6.74. The molecule has 0 saturated carbocycles. The van der Waals surface area contributed by atoms with Crippen molar-refractivity contribution in [1.82, 2.24) is 0 Å². The third-order valence-electron chi connectivity index (χ3n) is 1.70. The van der Waals surface area contributed by atoms with Crippen LogP contribution in [0.1, 0.15) is 0 Å². The van der Waals surface area contributed by atoms with Crippen LogP contribution in [0.2, 0.25) is 19.6 Å². The zero-order valence-electron chi connectivity index (χ0n) is 10.4. The molecule has 0 heterocycles. The number of rotatable bonds is 4. The third kappa shape index (κ3) is 6.89. The fourth-order valence-corrected chi connectivity index (χ4v) is 1.82. The molecule has 1 aromatic rings. The monoisotopic (exact) mass is 230 g/mol. The van der Waals surface area contributed by atoms with Crippen molar-refractivity contribution in [1.29, 1.82) is 0 Å². The van der Waals surface area contributed by atoms with Crippen molar-refractivity contribution in [2.45, 2.75) is 19.6 Å². The summed E-state index contributed by atoms with van der Waals surface area (Å²) in [7, 11) is -1.14. The van der Waals surface area contributed by atoms with Gasteiger partial charge in [0.2, 0.25) is 0 Å². The van der Waals surface area contributed by atoms with Crippen LogP contribution < -0.4 is 23.6 Å². The van der Waals surface area contributed by atoms with E-state index < -0.39 is 8.07 Å². The SMILES string of the molecule is C[Si](C)(C)/C=C/COc1[c-]cc(F)cc1.[Li+]. The van der Waals surface area contributed by atoms with Gasteiger partial charge in [-0.15, -0.1) is 24.3 Å². The third-order valence-corrected chi connectivity index (χ3v) is 2.93. The molecule has 1 nitrogen and oxygen atoms in total. The zero-order valence-corrected chi connectivity index (χ0v) is 11.4. The van der Waals surface area contributed by atoms with Crippen LogP contribution in [0.3, 0.4) is 0 Å². The van der Waals surface area contributed by atoms with E-state index in [2.05, 4.69) is 31.4 Å². The molecule has 4 heteroatoms. The molecule has 1 aromatic carbocycles. The van der Waals surface area contributed by atoms with Crippen LogP contribution in [0.5, 0.6) is 5.75 Å². The fourth-order valence-electron chi connectivity index (χ4n) is 1.02. The molecule has 0 unspecified atom stereocenters. The molecule has 0 aliphatic carbocycles. The Balaban J connectivity index is 0.00000225. The minimum absolute atomic E-state index is 0. The second-order valence-electron chi connectivity index (χ2n) is 4.45. The predicted molar refractivity (Wildman–Crippen MR) is 63.2 cm³/mol. The normalized spacial score (nSPS) is 11.2. The number of hydrogen-bond acceptors (Lipinski definition) is 1. The van der Waals surface area contributed by atoms with Gasteiger partial charge in [-0.3, -0.25) is 4.39 Å². The van der Waals surface area contributed by atoms with Gasteiger partial charge in [0.15, 0.2) is 0 Å². The minimum atomic E-state index is -1.14. The van der Waals surface area contributed by atoms with Gasteiger partial charge in [0, 0.05) is 11.6 Å². The molecule has 0 aromatic heterocycles. The van der Waals surface area contributed by atoms with E-state index in [-0.39, 0.29) is 24.7 Å². The summed E-state index contributed by atoms with van der Waals surface area (Å²) in [5, 5.41) is 0. The molecular formula is C12H16FLiOSi. The Hall–Kier alpha value is -0.496. The molecule has 0 spiro atoms. The second kappa shape index (κ2) is 6.95. The maximum Gasteiger partial charge on any atom is 1.00 e. The fraction of sp³-hybridized carbons (Fsp3) is 0.333. The maximum absolute atomic E-state index is 12.5. The smallest absolute Gasteiger partial charge is 0.515 e. The van der Waals surface area contributed by atoms with E-state index in [1.165, 1.54) is 12.1 Å². The van der Waals surface area contributed by atoms with Gasteiger partial charge in [-0.1, -0.05) is 31.4 Å². The Morgan fingerprint density at radius 1 is 1.38 bits per heavy atom. The topological polar surface area (TPSA) is 9.23 Å². The van der Waals surface area contributed by atoms with Gasteiger partial charge in [-0.25, -0.2) is 0 Å². The van der Waals surface area contributed by atoms with Crippen LogP contribution in [0, 0.1) is 11.9 Å². The Morgan fingerprint density at radius 3 is 2.56 bits per heavy atom. The summed E-state index contributed by atoms with van der Waals surface area (Å²) >= 11 is 0. The maximum atomic E-state index is 12.5. The first-order valence-corrected chi connectivity index (χ1v) is 8.53. The van der Waals surface area contributed by atoms with E-state index in [1.807, 2.05) is 6.08 Å². The van der Waals surface area contributed by atoms with Crippen molar-refractivity contribution in [3.63, 3.8) is 0 Å². The zero-order chi connectivity index (χ0) is 11.3. The average molecular weight is 230 g/mol. The van der Waals surface area contributed by atoms with E-state index in [4.69, 9.17) is 4.74 Å². The van der Waals surface area contributed by atoms with Crippen LogP contribution in [-0.2, 0) is 0 Å². The molecule has 0 fully saturated rings. The van der Waals surface area contributed by atoms with Crippen molar-refractivity contribution in [2.75, 3.05) is 6.61 Å². The Labute approximate surface area is 110 Å². The van der Waals surface area contributed by atoms with Crippen molar-refractivity contribution in [3.05, 3.63) is 41.9 Å². The van der Waals surface area contributed by atoms with Gasteiger partial charge in [-0.05, 0) is 0 Å². The van der Waals surface area contributed by atoms with Crippen molar-refractivity contribution >= 4 is 8.07 Å². The van der Waals surface area contributed by atoms with Gasteiger partial charge in [0.25, 0.3) is 0 Å². The summed E-state index contributed by atoms with van der Waals surface area (Å²) in [5.74, 6) is 0.289. The first-order chi connectivity index (χ1) is 6.97. The van der Waals surface area contributed by atoms with E-state index in [1.54, 1.807) is 6.07 Å². The molecule has 16 heavy (non-hydrogen) atoms. The van der Waals surface area contributed by atoms with Crippen molar-refractivity contribution < 1.29 is 28.0 Å². The van der Waals surface area contributed by atoms with Crippen LogP contribution >= 0.6 is 0 Å². The first kappa shape index (κ1) is 15.5. The first-order valence-electron chi connectivity index (χ1n) is 4.95. The molecule has 0 atom stereocenters. The van der Waals surface area contributed by atoms with Crippen LogP contribution in [0.15, 0.2) is 30.0 Å². The molecule has 0 bridgehead atoms. The molecule has 1 rings (SSSR count). The van der Waals surface area contributed by atoms with Gasteiger partial charge in [0.1, 0.15) is 6.61 Å². The standard InChI is InChI=1S/C12H16FOSi.Li/c1-15(2,3)10-4-9-14-12-7-5-11(13)6-8-12;/h4-7,10H,9H2,1-3H3;/q-1;+1/b10-4+;. The minimum Gasteiger partial charge on any atom is -0.515 e. The number of benzene rings is 1. The quantitative estimate of drug-likeness (QED) is 0.539. The molecule has 0 N–H and O–H groups in total. The van der Waals surface area contributed by atoms with Crippen molar-refractivity contribution in [3.8, 4) is 5.75 Å². The van der Waals surface area contributed by atoms with E-state index >= 15 is 0 Å². The molecule has 82 valence electrons. The summed E-state index contributed by atoms with van der Waals surface area (Å²) in [6, 6.07) is 6.94. The Morgan fingerprint density at radius 2 is 2.06 bits per heavy atom. The van der Waals surface area contributed by atoms with Gasteiger partial charge < -0.3 is 4.74 Å². The summed E-state index contributed by atoms with van der Waals surface area (Å²) in [6.45, 7) is 7.29. The van der Waals surface area contributed by atoms with Gasteiger partial charge in [-0.2, -0.15) is 0 Å². The van der Waals surface area contributed by atoms with Crippen LogP contribution in [0.25, 0.3) is 0 Å². The summed E-state index contributed by atoms with van der Waals surface area (Å²) in [6.07, 6.45) is 2.02. The van der Waals surface area contributed by atoms with Crippen LogP contribution in [0.4, 0.5) is 4.39 Å². The molecule has 0 aliphatic rings. The Bertz CT molecular complexity index is 330. The van der Waals surface area contributed by atoms with Gasteiger partial charge >= 0.3 is 18.9 Å². The number of ether oxygens (including phenoxy) is 1. The molecule has 0 radical (unpaired) electrons. The molecule has 0 amide bonds. The van der Waals surface area contributed by atoms with Crippen molar-refractivity contribution in [2.24, 2.45) is 0 Å². The molecular weight excluding hydrogens is 214 g/mol. The number of hydrogen-bond donors (Lipinski definition) is 0. The number of halogens is 1. The average Bonchev–Trinajstić information content (AvgIpc) is 2.14. The summed E-state index contributed by atoms with van der Waals surface area (Å²) < 4.78 is 17.9. The molecule has 0 aliphatic heterocycles. The van der Waals surface area contributed by atoms with E-state index in [9.17, 15) is 4.39 Å². The van der Waals surface area contributed by atoms with E-state index in [0.29, 0.717) is 12.4 Å². The van der Waals surface area contributed by atoms with Gasteiger partial charge in [0.05, 0.1) is 8.07 Å². The van der Waals surface area contributed by atoms with E-state index in [0.717, 1.165) is 0 Å². The van der Waals surface area contributed by atoms with Crippen LogP contribution in [-0.4, -0.2) is 14.7 Å². The summed E-state index contributed by atoms with van der Waals surface area (Å²) in [5.41, 5.74) is 2.22. The summed E-state index contributed by atoms with van der Waals surface area (Å²) in [4.78, 5) is 0.